The molecule has 0 bridgehead atoms. The average molecular weight is 294 g/mol. The number of primary amides is 1. The number of urea groups is 1. The Balaban J connectivity index is 1.71. The fourth-order valence-corrected chi connectivity index (χ4v) is 2.18. The summed E-state index contributed by atoms with van der Waals surface area (Å²) in [6.07, 6.45) is 1.74. The van der Waals surface area contributed by atoms with Gasteiger partial charge in [0.15, 0.2) is 0 Å². The summed E-state index contributed by atoms with van der Waals surface area (Å²) in [6, 6.07) is 13.7. The number of H-pyrrole nitrogens is 1. The third kappa shape index (κ3) is 2.76. The van der Waals surface area contributed by atoms with Crippen LogP contribution in [0.5, 0.6) is 0 Å². The Hall–Kier alpha value is -3.28. The third-order valence-corrected chi connectivity index (χ3v) is 3.26. The summed E-state index contributed by atoms with van der Waals surface area (Å²) < 4.78 is 0. The number of carbonyl (C=O) groups is 2. The van der Waals surface area contributed by atoms with Gasteiger partial charge in [0.2, 0.25) is 5.91 Å². The standard InChI is InChI=1S/C16H14N4O2/c17-15(21)10-5-7-11(8-6-10)19-16(22)20-14-9-18-13-4-2-1-3-12(13)14/h1-9,18H,(H2,17,21)(H2,19,20,22). The first-order valence-corrected chi connectivity index (χ1v) is 6.67. The number of benzene rings is 2. The number of hydrogen-bond donors (Lipinski definition) is 4. The van der Waals surface area contributed by atoms with Crippen LogP contribution in [0, 0.1) is 0 Å². The molecule has 0 saturated heterocycles. The van der Waals surface area contributed by atoms with Gasteiger partial charge in [-0.2, -0.15) is 0 Å². The number of amides is 3. The molecule has 0 atom stereocenters. The van der Waals surface area contributed by atoms with Crippen LogP contribution in [0.2, 0.25) is 0 Å². The molecule has 0 aliphatic carbocycles. The molecule has 1 heterocycles. The number of hydrogen-bond acceptors (Lipinski definition) is 2. The number of fused-ring (bicyclic) bond motifs is 1. The van der Waals surface area contributed by atoms with E-state index in [0.717, 1.165) is 10.9 Å². The van der Waals surface area contributed by atoms with Crippen LogP contribution in [0.1, 0.15) is 10.4 Å². The van der Waals surface area contributed by atoms with Gasteiger partial charge in [-0.1, -0.05) is 18.2 Å². The predicted molar refractivity (Wildman–Crippen MR) is 85.9 cm³/mol. The summed E-state index contributed by atoms with van der Waals surface area (Å²) in [4.78, 5) is 26.1. The van der Waals surface area contributed by atoms with E-state index in [0.29, 0.717) is 16.9 Å². The number of rotatable bonds is 3. The summed E-state index contributed by atoms with van der Waals surface area (Å²) in [7, 11) is 0. The van der Waals surface area contributed by atoms with Crippen molar-refractivity contribution in [3.05, 3.63) is 60.3 Å². The Morgan fingerprint density at radius 1 is 0.955 bits per heavy atom. The molecule has 0 unspecified atom stereocenters. The summed E-state index contributed by atoms with van der Waals surface area (Å²) in [5.74, 6) is -0.505. The van der Waals surface area contributed by atoms with Crippen molar-refractivity contribution in [2.45, 2.75) is 0 Å². The Morgan fingerprint density at radius 2 is 1.68 bits per heavy atom. The van der Waals surface area contributed by atoms with Gasteiger partial charge in [0.1, 0.15) is 0 Å². The lowest BCUT2D eigenvalue weighted by molar-refractivity contribution is 0.100. The highest BCUT2D eigenvalue weighted by molar-refractivity contribution is 6.06. The molecule has 0 aliphatic rings. The molecule has 0 fully saturated rings. The maximum atomic E-state index is 12.0. The molecule has 5 N–H and O–H groups in total. The minimum Gasteiger partial charge on any atom is -0.366 e. The van der Waals surface area contributed by atoms with Crippen molar-refractivity contribution in [1.29, 1.82) is 0 Å². The van der Waals surface area contributed by atoms with E-state index in [2.05, 4.69) is 15.6 Å². The van der Waals surface area contributed by atoms with E-state index in [1.165, 1.54) is 0 Å². The first-order valence-electron chi connectivity index (χ1n) is 6.67. The van der Waals surface area contributed by atoms with E-state index in [1.54, 1.807) is 30.5 Å². The van der Waals surface area contributed by atoms with Crippen molar-refractivity contribution in [1.82, 2.24) is 4.98 Å². The van der Waals surface area contributed by atoms with Crippen LogP contribution < -0.4 is 16.4 Å². The van der Waals surface area contributed by atoms with E-state index in [9.17, 15) is 9.59 Å². The van der Waals surface area contributed by atoms with E-state index in [1.807, 2.05) is 24.3 Å². The van der Waals surface area contributed by atoms with E-state index in [-0.39, 0.29) is 6.03 Å². The molecule has 22 heavy (non-hydrogen) atoms. The lowest BCUT2D eigenvalue weighted by atomic mass is 10.2. The highest BCUT2D eigenvalue weighted by Gasteiger charge is 2.07. The zero-order chi connectivity index (χ0) is 15.5. The Morgan fingerprint density at radius 3 is 2.41 bits per heavy atom. The zero-order valence-corrected chi connectivity index (χ0v) is 11.6. The maximum Gasteiger partial charge on any atom is 0.323 e. The molecular weight excluding hydrogens is 280 g/mol. The lowest BCUT2D eigenvalue weighted by Gasteiger charge is -2.07. The first-order chi connectivity index (χ1) is 10.6. The molecule has 0 spiro atoms. The minimum absolute atomic E-state index is 0.364. The van der Waals surface area contributed by atoms with E-state index < -0.39 is 5.91 Å². The van der Waals surface area contributed by atoms with Crippen molar-refractivity contribution < 1.29 is 9.59 Å². The highest BCUT2D eigenvalue weighted by Crippen LogP contribution is 2.22. The monoisotopic (exact) mass is 294 g/mol. The number of carbonyl (C=O) groups excluding carboxylic acids is 2. The second-order valence-electron chi connectivity index (χ2n) is 4.77. The van der Waals surface area contributed by atoms with Gasteiger partial charge < -0.3 is 21.4 Å². The fraction of sp³-hybridized carbons (Fsp3) is 0. The number of aromatic amines is 1. The van der Waals surface area contributed by atoms with Crippen LogP contribution in [-0.2, 0) is 0 Å². The third-order valence-electron chi connectivity index (χ3n) is 3.26. The van der Waals surface area contributed by atoms with Gasteiger partial charge in [-0.05, 0) is 30.3 Å². The van der Waals surface area contributed by atoms with Crippen LogP contribution in [-0.4, -0.2) is 16.9 Å². The number of para-hydroxylation sites is 1. The van der Waals surface area contributed by atoms with Gasteiger partial charge in [-0.3, -0.25) is 4.79 Å². The molecule has 0 radical (unpaired) electrons. The molecule has 3 rings (SSSR count). The van der Waals surface area contributed by atoms with Crippen molar-refractivity contribution in [3.8, 4) is 0 Å². The predicted octanol–water partition coefficient (Wildman–Crippen LogP) is 2.91. The number of aromatic nitrogens is 1. The summed E-state index contributed by atoms with van der Waals surface area (Å²) in [6.45, 7) is 0. The average Bonchev–Trinajstić information content (AvgIpc) is 2.91. The van der Waals surface area contributed by atoms with Crippen molar-refractivity contribution in [2.24, 2.45) is 5.73 Å². The molecule has 0 saturated carbocycles. The van der Waals surface area contributed by atoms with Gasteiger partial charge in [0.25, 0.3) is 0 Å². The molecule has 0 aliphatic heterocycles. The molecular formula is C16H14N4O2. The molecule has 6 heteroatoms. The van der Waals surface area contributed by atoms with Crippen molar-refractivity contribution >= 4 is 34.2 Å². The van der Waals surface area contributed by atoms with Crippen LogP contribution in [0.4, 0.5) is 16.2 Å². The maximum absolute atomic E-state index is 12.0. The normalized spacial score (nSPS) is 10.4. The summed E-state index contributed by atoms with van der Waals surface area (Å²) >= 11 is 0. The topological polar surface area (TPSA) is 100 Å². The highest BCUT2D eigenvalue weighted by atomic mass is 16.2. The van der Waals surface area contributed by atoms with Crippen molar-refractivity contribution in [2.75, 3.05) is 10.6 Å². The van der Waals surface area contributed by atoms with Gasteiger partial charge in [-0.15, -0.1) is 0 Å². The van der Waals surface area contributed by atoms with Crippen LogP contribution in [0.25, 0.3) is 10.9 Å². The minimum atomic E-state index is -0.505. The second-order valence-corrected chi connectivity index (χ2v) is 4.77. The number of anilines is 2. The molecule has 3 amide bonds. The quantitative estimate of drug-likeness (QED) is 0.597. The van der Waals surface area contributed by atoms with E-state index >= 15 is 0 Å². The van der Waals surface area contributed by atoms with Crippen molar-refractivity contribution in [3.63, 3.8) is 0 Å². The molecule has 3 aromatic rings. The number of nitrogens with one attached hydrogen (secondary N) is 3. The SMILES string of the molecule is NC(=O)c1ccc(NC(=O)Nc2c[nH]c3ccccc23)cc1. The summed E-state index contributed by atoms with van der Waals surface area (Å²) in [5.41, 5.74) is 7.77. The Labute approximate surface area is 126 Å². The molecule has 1 aromatic heterocycles. The molecule has 2 aromatic carbocycles. The first kappa shape index (κ1) is 13.7. The van der Waals surface area contributed by atoms with Crippen LogP contribution in [0.3, 0.4) is 0 Å². The number of nitrogens with two attached hydrogens (primary N) is 1. The smallest absolute Gasteiger partial charge is 0.323 e. The summed E-state index contributed by atoms with van der Waals surface area (Å²) in [5, 5.41) is 6.40. The van der Waals surface area contributed by atoms with Crippen LogP contribution in [0.15, 0.2) is 54.7 Å². The Kier molecular flexibility index (Phi) is 3.49. The zero-order valence-electron chi connectivity index (χ0n) is 11.6. The molecule has 110 valence electrons. The van der Waals surface area contributed by atoms with Gasteiger partial charge in [-0.25, -0.2) is 4.79 Å². The van der Waals surface area contributed by atoms with Gasteiger partial charge in [0.05, 0.1) is 5.69 Å². The molecule has 6 nitrogen and oxygen atoms in total. The second kappa shape index (κ2) is 5.61. The largest absolute Gasteiger partial charge is 0.366 e. The lowest BCUT2D eigenvalue weighted by Crippen LogP contribution is -2.19. The Bertz CT molecular complexity index is 837. The van der Waals surface area contributed by atoms with Gasteiger partial charge in [0, 0.05) is 28.4 Å². The van der Waals surface area contributed by atoms with E-state index in [4.69, 9.17) is 5.73 Å². The fourth-order valence-electron chi connectivity index (χ4n) is 2.18. The van der Waals surface area contributed by atoms with Gasteiger partial charge >= 0.3 is 6.03 Å². The van der Waals surface area contributed by atoms with Crippen LogP contribution >= 0.6 is 0 Å².